The van der Waals surface area contributed by atoms with Gasteiger partial charge in [0.05, 0.1) is 6.04 Å². The number of carbonyl (C=O) groups excluding carboxylic acids is 2. The van der Waals surface area contributed by atoms with E-state index in [1.165, 1.54) is 12.1 Å². The van der Waals surface area contributed by atoms with Gasteiger partial charge in [-0.2, -0.15) is 0 Å². The number of amides is 3. The molecular weight excluding hydrogens is 371 g/mol. The monoisotopic (exact) mass is 398 g/mol. The topological polar surface area (TPSA) is 57.6 Å². The van der Waals surface area contributed by atoms with Crippen molar-refractivity contribution in [1.29, 1.82) is 0 Å². The third-order valence-electron chi connectivity index (χ3n) is 5.49. The summed E-state index contributed by atoms with van der Waals surface area (Å²) in [6, 6.07) is 9.90. The number of hydrogen-bond acceptors (Lipinski definition) is 2. The highest BCUT2D eigenvalue weighted by molar-refractivity contribution is 5.85. The molecular formula is C22H27FN4O2. The Morgan fingerprint density at radius 3 is 2.69 bits per heavy atom. The molecule has 2 aromatic rings. The summed E-state index contributed by atoms with van der Waals surface area (Å²) in [5, 5.41) is 2.90. The third-order valence-corrected chi connectivity index (χ3v) is 5.49. The molecule has 3 amide bonds. The Morgan fingerprint density at radius 1 is 1.21 bits per heavy atom. The molecule has 2 heterocycles. The van der Waals surface area contributed by atoms with E-state index in [0.29, 0.717) is 13.1 Å². The van der Waals surface area contributed by atoms with Gasteiger partial charge in [-0.3, -0.25) is 4.79 Å². The zero-order valence-corrected chi connectivity index (χ0v) is 16.8. The lowest BCUT2D eigenvalue weighted by Gasteiger charge is -2.38. The molecule has 6 nitrogen and oxygen atoms in total. The maximum atomic E-state index is 13.9. The summed E-state index contributed by atoms with van der Waals surface area (Å²) in [7, 11) is 0. The van der Waals surface area contributed by atoms with Gasteiger partial charge in [-0.1, -0.05) is 12.1 Å². The number of urea groups is 1. The molecule has 29 heavy (non-hydrogen) atoms. The quantitative estimate of drug-likeness (QED) is 0.841. The molecule has 0 spiro atoms. The molecule has 0 saturated heterocycles. The van der Waals surface area contributed by atoms with E-state index in [1.54, 1.807) is 15.9 Å². The molecule has 1 aromatic heterocycles. The molecule has 2 aliphatic rings. The first-order valence-electron chi connectivity index (χ1n) is 10.2. The van der Waals surface area contributed by atoms with Crippen LogP contribution in [0.15, 0.2) is 42.6 Å². The number of fused-ring (bicyclic) bond motifs is 1. The van der Waals surface area contributed by atoms with Gasteiger partial charge in [-0.05, 0) is 56.5 Å². The number of carbonyl (C=O) groups is 2. The summed E-state index contributed by atoms with van der Waals surface area (Å²) < 4.78 is 16.0. The number of aromatic nitrogens is 1. The Hall–Kier alpha value is -2.83. The van der Waals surface area contributed by atoms with Gasteiger partial charge >= 0.3 is 6.03 Å². The predicted molar refractivity (Wildman–Crippen MR) is 108 cm³/mol. The first-order chi connectivity index (χ1) is 13.9. The van der Waals surface area contributed by atoms with Gasteiger partial charge in [0, 0.05) is 37.1 Å². The van der Waals surface area contributed by atoms with Crippen LogP contribution >= 0.6 is 0 Å². The number of nitrogens with zero attached hydrogens (tertiary/aromatic N) is 3. The molecule has 1 unspecified atom stereocenters. The van der Waals surface area contributed by atoms with Gasteiger partial charge in [0.25, 0.3) is 0 Å². The fourth-order valence-corrected chi connectivity index (χ4v) is 4.00. The zero-order chi connectivity index (χ0) is 20.5. The lowest BCUT2D eigenvalue weighted by molar-refractivity contribution is -0.134. The van der Waals surface area contributed by atoms with Crippen molar-refractivity contribution >= 4 is 11.9 Å². The molecule has 7 heteroatoms. The molecule has 1 N–H and O–H groups in total. The maximum Gasteiger partial charge on any atom is 0.318 e. The summed E-state index contributed by atoms with van der Waals surface area (Å²) in [6.45, 7) is 5.05. The van der Waals surface area contributed by atoms with Crippen LogP contribution in [-0.4, -0.2) is 51.5 Å². The van der Waals surface area contributed by atoms with Crippen molar-refractivity contribution < 1.29 is 14.0 Å². The van der Waals surface area contributed by atoms with E-state index >= 15 is 0 Å². The van der Waals surface area contributed by atoms with Crippen molar-refractivity contribution in [2.45, 2.75) is 51.4 Å². The summed E-state index contributed by atoms with van der Waals surface area (Å²) in [4.78, 5) is 29.4. The molecule has 1 fully saturated rings. The van der Waals surface area contributed by atoms with Crippen molar-refractivity contribution in [2.24, 2.45) is 0 Å². The Kier molecular flexibility index (Phi) is 5.30. The second kappa shape index (κ2) is 7.89. The first kappa shape index (κ1) is 19.5. The summed E-state index contributed by atoms with van der Waals surface area (Å²) in [5.74, 6) is -0.438. The standard InChI is InChI=1S/C22H27FN4O2/c1-15(2)24-22(29)27(18-8-9-18)14-20(28)26-12-11-25-10-4-7-19(25)21(26)16-5-3-6-17(23)13-16/h3-7,10,13,15,18,21H,8-9,11-12,14H2,1-2H3,(H,24,29). The van der Waals surface area contributed by atoms with Gasteiger partial charge in [0.15, 0.2) is 0 Å². The van der Waals surface area contributed by atoms with E-state index < -0.39 is 0 Å². The minimum atomic E-state index is -0.365. The average molecular weight is 398 g/mol. The number of benzene rings is 1. The lowest BCUT2D eigenvalue weighted by Crippen LogP contribution is -2.51. The van der Waals surface area contributed by atoms with E-state index in [2.05, 4.69) is 9.88 Å². The molecule has 1 aliphatic heterocycles. The largest absolute Gasteiger partial charge is 0.348 e. The van der Waals surface area contributed by atoms with Crippen LogP contribution < -0.4 is 5.32 Å². The second-order valence-corrected chi connectivity index (χ2v) is 8.13. The Labute approximate surface area is 170 Å². The normalized spacial score (nSPS) is 18.5. The van der Waals surface area contributed by atoms with E-state index in [0.717, 1.165) is 24.1 Å². The van der Waals surface area contributed by atoms with E-state index in [9.17, 15) is 14.0 Å². The molecule has 4 rings (SSSR count). The van der Waals surface area contributed by atoms with Gasteiger partial charge in [-0.15, -0.1) is 0 Å². The van der Waals surface area contributed by atoms with Crippen LogP contribution in [0.25, 0.3) is 0 Å². The number of rotatable bonds is 5. The van der Waals surface area contributed by atoms with Crippen LogP contribution in [0.3, 0.4) is 0 Å². The van der Waals surface area contributed by atoms with Crippen molar-refractivity contribution in [3.05, 3.63) is 59.7 Å². The summed E-state index contributed by atoms with van der Waals surface area (Å²) >= 11 is 0. The fraction of sp³-hybridized carbons (Fsp3) is 0.455. The van der Waals surface area contributed by atoms with Crippen molar-refractivity contribution in [3.63, 3.8) is 0 Å². The minimum Gasteiger partial charge on any atom is -0.348 e. The SMILES string of the molecule is CC(C)NC(=O)N(CC(=O)N1CCn2cccc2C1c1cccc(F)c1)C1CC1. The van der Waals surface area contributed by atoms with Crippen LogP contribution in [-0.2, 0) is 11.3 Å². The molecule has 1 atom stereocenters. The second-order valence-electron chi connectivity index (χ2n) is 8.13. The van der Waals surface area contributed by atoms with Crippen LogP contribution in [0.2, 0.25) is 0 Å². The minimum absolute atomic E-state index is 0.0113. The molecule has 0 radical (unpaired) electrons. The highest BCUT2D eigenvalue weighted by Crippen LogP contribution is 2.33. The molecule has 154 valence electrons. The maximum absolute atomic E-state index is 13.9. The summed E-state index contributed by atoms with van der Waals surface area (Å²) in [6.07, 6.45) is 3.83. The van der Waals surface area contributed by atoms with E-state index in [1.807, 2.05) is 38.2 Å². The number of nitrogens with one attached hydrogen (secondary N) is 1. The average Bonchev–Trinajstić information content (AvgIpc) is 3.40. The highest BCUT2D eigenvalue weighted by atomic mass is 19.1. The van der Waals surface area contributed by atoms with Gasteiger partial charge in [0.1, 0.15) is 12.4 Å². The van der Waals surface area contributed by atoms with Crippen LogP contribution in [0, 0.1) is 5.82 Å². The van der Waals surface area contributed by atoms with Gasteiger partial charge in [0.2, 0.25) is 5.91 Å². The van der Waals surface area contributed by atoms with Crippen LogP contribution in [0.1, 0.15) is 44.0 Å². The highest BCUT2D eigenvalue weighted by Gasteiger charge is 2.38. The molecule has 1 aliphatic carbocycles. The first-order valence-corrected chi connectivity index (χ1v) is 10.2. The van der Waals surface area contributed by atoms with Crippen molar-refractivity contribution in [3.8, 4) is 0 Å². The Bertz CT molecular complexity index is 906. The van der Waals surface area contributed by atoms with Crippen molar-refractivity contribution in [2.75, 3.05) is 13.1 Å². The van der Waals surface area contributed by atoms with E-state index in [-0.39, 0.29) is 42.4 Å². The zero-order valence-electron chi connectivity index (χ0n) is 16.8. The van der Waals surface area contributed by atoms with Gasteiger partial charge < -0.3 is 19.7 Å². The Balaban J connectivity index is 1.60. The van der Waals surface area contributed by atoms with Crippen LogP contribution in [0.4, 0.5) is 9.18 Å². The smallest absolute Gasteiger partial charge is 0.318 e. The van der Waals surface area contributed by atoms with E-state index in [4.69, 9.17) is 0 Å². The Morgan fingerprint density at radius 2 is 2.00 bits per heavy atom. The molecule has 0 bridgehead atoms. The lowest BCUT2D eigenvalue weighted by atomic mass is 9.99. The van der Waals surface area contributed by atoms with Crippen LogP contribution in [0.5, 0.6) is 0 Å². The molecule has 1 aromatic carbocycles. The fourth-order valence-electron chi connectivity index (χ4n) is 4.00. The number of halogens is 1. The summed E-state index contributed by atoms with van der Waals surface area (Å²) in [5.41, 5.74) is 1.70. The van der Waals surface area contributed by atoms with Gasteiger partial charge in [-0.25, -0.2) is 9.18 Å². The predicted octanol–water partition coefficient (Wildman–Crippen LogP) is 3.14. The number of hydrogen-bond donors (Lipinski definition) is 1. The molecule has 1 saturated carbocycles. The third kappa shape index (κ3) is 4.13. The van der Waals surface area contributed by atoms with Crippen molar-refractivity contribution in [1.82, 2.24) is 19.7 Å².